The molecule has 0 atom stereocenters. The zero-order chi connectivity index (χ0) is 13.0. The first kappa shape index (κ1) is 13.2. The predicted molar refractivity (Wildman–Crippen MR) is 75.2 cm³/mol. The molecule has 0 spiro atoms. The molecule has 0 bridgehead atoms. The van der Waals surface area contributed by atoms with Crippen LogP contribution < -0.4 is 5.73 Å². The predicted octanol–water partition coefficient (Wildman–Crippen LogP) is 2.50. The number of hydrogen-bond acceptors (Lipinski definition) is 3. The Balaban J connectivity index is 2.25. The molecule has 0 saturated carbocycles. The van der Waals surface area contributed by atoms with E-state index in [2.05, 4.69) is 49.8 Å². The van der Waals surface area contributed by atoms with E-state index in [0.717, 1.165) is 35.5 Å². The zero-order valence-electron chi connectivity index (χ0n) is 10.4. The first-order valence-corrected chi connectivity index (χ1v) is 6.89. The normalized spacial score (nSPS) is 10.8. The van der Waals surface area contributed by atoms with Crippen LogP contribution in [0.4, 0.5) is 0 Å². The maximum Gasteiger partial charge on any atom is 0.146 e. The van der Waals surface area contributed by atoms with E-state index < -0.39 is 0 Å². The molecule has 0 radical (unpaired) electrons. The van der Waals surface area contributed by atoms with Crippen LogP contribution in [-0.4, -0.2) is 14.8 Å². The van der Waals surface area contributed by atoms with Crippen LogP contribution in [0.3, 0.4) is 0 Å². The molecule has 1 heterocycles. The van der Waals surface area contributed by atoms with Gasteiger partial charge in [-0.3, -0.25) is 0 Å². The lowest BCUT2D eigenvalue weighted by Crippen LogP contribution is -2.11. The van der Waals surface area contributed by atoms with Gasteiger partial charge in [-0.2, -0.15) is 0 Å². The maximum absolute atomic E-state index is 5.68. The quantitative estimate of drug-likeness (QED) is 0.923. The largest absolute Gasteiger partial charge is 0.324 e. The number of halogens is 1. The van der Waals surface area contributed by atoms with Crippen LogP contribution in [0.15, 0.2) is 28.7 Å². The minimum atomic E-state index is 0.436. The molecular formula is C13H17BrN4. The Morgan fingerprint density at radius 3 is 2.72 bits per heavy atom. The van der Waals surface area contributed by atoms with Crippen molar-refractivity contribution in [3.8, 4) is 0 Å². The van der Waals surface area contributed by atoms with Gasteiger partial charge in [-0.05, 0) is 24.1 Å². The Morgan fingerprint density at radius 2 is 2.06 bits per heavy atom. The third kappa shape index (κ3) is 2.97. The second kappa shape index (κ2) is 6.11. The van der Waals surface area contributed by atoms with Crippen molar-refractivity contribution in [3.63, 3.8) is 0 Å². The van der Waals surface area contributed by atoms with E-state index in [1.54, 1.807) is 0 Å². The summed E-state index contributed by atoms with van der Waals surface area (Å²) in [5, 5.41) is 8.40. The fourth-order valence-corrected chi connectivity index (χ4v) is 2.41. The van der Waals surface area contributed by atoms with E-state index in [1.165, 1.54) is 5.56 Å². The van der Waals surface area contributed by atoms with Crippen molar-refractivity contribution < 1.29 is 0 Å². The number of nitrogens with two attached hydrogens (primary N) is 1. The smallest absolute Gasteiger partial charge is 0.146 e. The molecule has 0 amide bonds. The van der Waals surface area contributed by atoms with Crippen LogP contribution in [0.25, 0.3) is 0 Å². The van der Waals surface area contributed by atoms with Gasteiger partial charge in [0.05, 0.1) is 6.54 Å². The van der Waals surface area contributed by atoms with E-state index in [9.17, 15) is 0 Å². The molecule has 18 heavy (non-hydrogen) atoms. The maximum atomic E-state index is 5.68. The van der Waals surface area contributed by atoms with E-state index in [0.29, 0.717) is 6.54 Å². The lowest BCUT2D eigenvalue weighted by molar-refractivity contribution is 0.615. The fourth-order valence-electron chi connectivity index (χ4n) is 1.97. The Kier molecular flexibility index (Phi) is 4.49. The number of benzene rings is 1. The van der Waals surface area contributed by atoms with E-state index in [1.807, 2.05) is 12.1 Å². The molecule has 0 aliphatic carbocycles. The summed E-state index contributed by atoms with van der Waals surface area (Å²) in [5.41, 5.74) is 6.90. The third-order valence-corrected chi connectivity index (χ3v) is 3.28. The van der Waals surface area contributed by atoms with Crippen molar-refractivity contribution in [2.24, 2.45) is 5.73 Å². The summed E-state index contributed by atoms with van der Waals surface area (Å²) in [5.74, 6) is 1.84. The van der Waals surface area contributed by atoms with Gasteiger partial charge in [-0.1, -0.05) is 35.0 Å². The van der Waals surface area contributed by atoms with Gasteiger partial charge in [0.15, 0.2) is 0 Å². The topological polar surface area (TPSA) is 56.7 Å². The lowest BCUT2D eigenvalue weighted by Gasteiger charge is -2.08. The zero-order valence-corrected chi connectivity index (χ0v) is 12.0. The van der Waals surface area contributed by atoms with Crippen molar-refractivity contribution in [2.45, 2.75) is 32.9 Å². The number of aromatic nitrogens is 3. The summed E-state index contributed by atoms with van der Waals surface area (Å²) in [6, 6.07) is 8.25. The van der Waals surface area contributed by atoms with Crippen molar-refractivity contribution >= 4 is 15.9 Å². The molecule has 2 N–H and O–H groups in total. The van der Waals surface area contributed by atoms with Crippen LogP contribution >= 0.6 is 15.9 Å². The van der Waals surface area contributed by atoms with E-state index >= 15 is 0 Å². The van der Waals surface area contributed by atoms with Gasteiger partial charge in [0.2, 0.25) is 0 Å². The highest BCUT2D eigenvalue weighted by Gasteiger charge is 2.10. The summed E-state index contributed by atoms with van der Waals surface area (Å²) < 4.78 is 3.21. The first-order valence-electron chi connectivity index (χ1n) is 6.10. The second-order valence-electron chi connectivity index (χ2n) is 4.19. The number of rotatable bonds is 5. The van der Waals surface area contributed by atoms with Gasteiger partial charge in [-0.15, -0.1) is 10.2 Å². The van der Waals surface area contributed by atoms with Crippen LogP contribution in [0.1, 0.15) is 30.6 Å². The van der Waals surface area contributed by atoms with Crippen molar-refractivity contribution in [2.75, 3.05) is 0 Å². The molecular weight excluding hydrogens is 292 g/mol. The summed E-state index contributed by atoms with van der Waals surface area (Å²) in [7, 11) is 0. The monoisotopic (exact) mass is 308 g/mol. The molecule has 4 nitrogen and oxygen atoms in total. The first-order chi connectivity index (χ1) is 8.74. The summed E-state index contributed by atoms with van der Waals surface area (Å²) in [4.78, 5) is 0. The Bertz CT molecular complexity index is 521. The Labute approximate surface area is 115 Å². The van der Waals surface area contributed by atoms with Crippen LogP contribution in [-0.2, 0) is 19.5 Å². The average Bonchev–Trinajstić information content (AvgIpc) is 2.72. The van der Waals surface area contributed by atoms with Crippen molar-refractivity contribution in [1.82, 2.24) is 14.8 Å². The van der Waals surface area contributed by atoms with Crippen molar-refractivity contribution in [3.05, 3.63) is 46.0 Å². The molecule has 96 valence electrons. The number of hydrogen-bond donors (Lipinski definition) is 1. The van der Waals surface area contributed by atoms with Gasteiger partial charge in [0, 0.05) is 17.4 Å². The van der Waals surface area contributed by atoms with Crippen LogP contribution in [0.2, 0.25) is 0 Å². The van der Waals surface area contributed by atoms with Gasteiger partial charge in [0.25, 0.3) is 0 Å². The van der Waals surface area contributed by atoms with Crippen molar-refractivity contribution in [1.29, 1.82) is 0 Å². The molecule has 1 aromatic carbocycles. The molecule has 0 aliphatic rings. The molecule has 2 rings (SSSR count). The molecule has 1 aromatic heterocycles. The number of nitrogens with zero attached hydrogens (tertiary/aromatic N) is 3. The molecule has 2 aromatic rings. The average molecular weight is 309 g/mol. The Hall–Kier alpha value is -1.20. The Morgan fingerprint density at radius 1 is 1.28 bits per heavy atom. The van der Waals surface area contributed by atoms with E-state index in [4.69, 9.17) is 5.73 Å². The highest BCUT2D eigenvalue weighted by atomic mass is 79.9. The molecule has 0 fully saturated rings. The highest BCUT2D eigenvalue weighted by Crippen LogP contribution is 2.15. The van der Waals surface area contributed by atoms with E-state index in [-0.39, 0.29) is 0 Å². The highest BCUT2D eigenvalue weighted by molar-refractivity contribution is 9.10. The fraction of sp³-hybridized carbons (Fsp3) is 0.385. The summed E-state index contributed by atoms with van der Waals surface area (Å²) in [6.45, 7) is 3.50. The molecule has 0 unspecified atom stereocenters. The summed E-state index contributed by atoms with van der Waals surface area (Å²) in [6.07, 6.45) is 1.84. The van der Waals surface area contributed by atoms with Gasteiger partial charge >= 0.3 is 0 Å². The minimum absolute atomic E-state index is 0.436. The second-order valence-corrected chi connectivity index (χ2v) is 5.11. The van der Waals surface area contributed by atoms with Crippen LogP contribution in [0, 0.1) is 0 Å². The molecule has 0 saturated heterocycles. The van der Waals surface area contributed by atoms with Gasteiger partial charge < -0.3 is 10.3 Å². The SMILES string of the molecule is CCCn1c(CN)nnc1Cc1cccc(Br)c1. The third-order valence-electron chi connectivity index (χ3n) is 2.79. The van der Waals surface area contributed by atoms with Gasteiger partial charge in [0.1, 0.15) is 11.6 Å². The van der Waals surface area contributed by atoms with Gasteiger partial charge in [-0.25, -0.2) is 0 Å². The molecule has 5 heteroatoms. The summed E-state index contributed by atoms with van der Waals surface area (Å²) >= 11 is 3.48. The molecule has 0 aliphatic heterocycles. The standard InChI is InChI=1S/C13H17BrN4/c1-2-6-18-12(16-17-13(18)9-15)8-10-4-3-5-11(14)7-10/h3-5,7H,2,6,8-9,15H2,1H3. The lowest BCUT2D eigenvalue weighted by atomic mass is 10.1. The van der Waals surface area contributed by atoms with Crippen LogP contribution in [0.5, 0.6) is 0 Å². The minimum Gasteiger partial charge on any atom is -0.324 e.